The Hall–Kier alpha value is -3.22. The van der Waals surface area contributed by atoms with Gasteiger partial charge in [0.2, 0.25) is 0 Å². The van der Waals surface area contributed by atoms with E-state index in [9.17, 15) is 4.79 Å². The third kappa shape index (κ3) is 3.69. The Balaban J connectivity index is 1.29. The Morgan fingerprint density at radius 3 is 2.52 bits per heavy atom. The van der Waals surface area contributed by atoms with Gasteiger partial charge in [-0.2, -0.15) is 0 Å². The summed E-state index contributed by atoms with van der Waals surface area (Å²) < 4.78 is 2.19. The first kappa shape index (κ1) is 20.4. The maximum absolute atomic E-state index is 13.1. The standard InChI is InChI=1S/C26H24ClN5O/c27-20-6-4-18(5-7-20)25-23(31-14-2-1-3-24(31)29-25)17-30-15-22-9-8-21(30)16-32(22)26(33)19-10-12-28-13-11-19/h1-7,10-14,21-22H,8-9,15-17H2. The first-order valence-electron chi connectivity index (χ1n) is 11.3. The van der Waals surface area contributed by atoms with Gasteiger partial charge in [-0.05, 0) is 49.2 Å². The molecule has 2 bridgehead atoms. The van der Waals surface area contributed by atoms with Gasteiger partial charge in [-0.15, -0.1) is 0 Å². The summed E-state index contributed by atoms with van der Waals surface area (Å²) in [5, 5.41) is 0.719. The number of imidazole rings is 1. The summed E-state index contributed by atoms with van der Waals surface area (Å²) in [6.45, 7) is 2.43. The van der Waals surface area contributed by atoms with E-state index in [0.29, 0.717) is 6.04 Å². The predicted molar refractivity (Wildman–Crippen MR) is 128 cm³/mol. The number of pyridine rings is 2. The Morgan fingerprint density at radius 2 is 1.76 bits per heavy atom. The van der Waals surface area contributed by atoms with E-state index in [4.69, 9.17) is 16.6 Å². The Bertz CT molecular complexity index is 1300. The summed E-state index contributed by atoms with van der Waals surface area (Å²) >= 11 is 6.13. The molecule has 1 amide bonds. The molecule has 3 aliphatic rings. The molecule has 3 aromatic heterocycles. The van der Waals surface area contributed by atoms with Gasteiger partial charge in [-0.3, -0.25) is 14.7 Å². The lowest BCUT2D eigenvalue weighted by atomic mass is 9.90. The number of fused-ring (bicyclic) bond motifs is 4. The summed E-state index contributed by atoms with van der Waals surface area (Å²) in [5.41, 5.74) is 4.89. The van der Waals surface area contributed by atoms with Crippen molar-refractivity contribution in [1.29, 1.82) is 0 Å². The van der Waals surface area contributed by atoms with E-state index < -0.39 is 0 Å². The topological polar surface area (TPSA) is 53.7 Å². The van der Waals surface area contributed by atoms with Gasteiger partial charge in [-0.25, -0.2) is 4.98 Å². The van der Waals surface area contributed by atoms with Crippen LogP contribution in [0.15, 0.2) is 73.2 Å². The Kier molecular flexibility index (Phi) is 5.12. The van der Waals surface area contributed by atoms with Gasteiger partial charge in [0.1, 0.15) is 5.65 Å². The van der Waals surface area contributed by atoms with Crippen molar-refractivity contribution in [2.24, 2.45) is 0 Å². The van der Waals surface area contributed by atoms with E-state index in [0.717, 1.165) is 60.0 Å². The van der Waals surface area contributed by atoms with E-state index >= 15 is 0 Å². The first-order chi connectivity index (χ1) is 16.2. The second-order valence-electron chi connectivity index (χ2n) is 8.85. The van der Waals surface area contributed by atoms with E-state index in [1.165, 1.54) is 5.69 Å². The molecule has 0 saturated carbocycles. The van der Waals surface area contributed by atoms with Crippen LogP contribution in [0.5, 0.6) is 0 Å². The number of nitrogens with zero attached hydrogens (tertiary/aromatic N) is 5. The molecule has 6 heterocycles. The molecule has 0 aliphatic carbocycles. The molecule has 0 radical (unpaired) electrons. The Labute approximate surface area is 197 Å². The molecule has 33 heavy (non-hydrogen) atoms. The van der Waals surface area contributed by atoms with Gasteiger partial charge in [-0.1, -0.05) is 29.8 Å². The fourth-order valence-electron chi connectivity index (χ4n) is 5.25. The number of halogens is 1. The zero-order chi connectivity index (χ0) is 22.4. The highest BCUT2D eigenvalue weighted by atomic mass is 35.5. The van der Waals surface area contributed by atoms with Crippen molar-refractivity contribution >= 4 is 23.2 Å². The number of aromatic nitrogens is 3. The molecule has 0 N–H and O–H groups in total. The van der Waals surface area contributed by atoms with Crippen LogP contribution in [0.4, 0.5) is 0 Å². The summed E-state index contributed by atoms with van der Waals surface area (Å²) in [6, 6.07) is 18.2. The lowest BCUT2D eigenvalue weighted by Gasteiger charge is -2.51. The highest BCUT2D eigenvalue weighted by Gasteiger charge is 2.41. The monoisotopic (exact) mass is 457 g/mol. The number of hydrogen-bond acceptors (Lipinski definition) is 4. The molecule has 2 unspecified atom stereocenters. The fraction of sp³-hybridized carbons (Fsp3) is 0.269. The number of carbonyl (C=O) groups is 1. The van der Waals surface area contributed by atoms with Gasteiger partial charge < -0.3 is 9.30 Å². The molecular weight excluding hydrogens is 434 g/mol. The second-order valence-corrected chi connectivity index (χ2v) is 9.29. The highest BCUT2D eigenvalue weighted by Crippen LogP contribution is 2.33. The minimum Gasteiger partial charge on any atom is -0.333 e. The van der Waals surface area contributed by atoms with Gasteiger partial charge >= 0.3 is 0 Å². The van der Waals surface area contributed by atoms with Crippen molar-refractivity contribution in [3.8, 4) is 11.3 Å². The van der Waals surface area contributed by atoms with Gasteiger partial charge in [0, 0.05) is 66.5 Å². The highest BCUT2D eigenvalue weighted by molar-refractivity contribution is 6.30. The number of piperidine rings is 2. The lowest BCUT2D eigenvalue weighted by molar-refractivity contribution is -0.0159. The largest absolute Gasteiger partial charge is 0.333 e. The molecular formula is C26H24ClN5O. The molecule has 166 valence electrons. The van der Waals surface area contributed by atoms with E-state index in [-0.39, 0.29) is 11.9 Å². The molecule has 6 nitrogen and oxygen atoms in total. The van der Waals surface area contributed by atoms with Gasteiger partial charge in [0.25, 0.3) is 5.91 Å². The number of amides is 1. The van der Waals surface area contributed by atoms with E-state index in [1.807, 2.05) is 42.5 Å². The summed E-state index contributed by atoms with van der Waals surface area (Å²) in [5.74, 6) is 0.114. The average molecular weight is 458 g/mol. The quantitative estimate of drug-likeness (QED) is 0.451. The van der Waals surface area contributed by atoms with Crippen LogP contribution in [-0.4, -0.2) is 55.2 Å². The zero-order valence-corrected chi connectivity index (χ0v) is 18.9. The molecule has 3 fully saturated rings. The number of benzene rings is 1. The minimum absolute atomic E-state index is 0.114. The second kappa shape index (κ2) is 8.28. The third-order valence-electron chi connectivity index (χ3n) is 6.93. The van der Waals surface area contributed by atoms with E-state index in [2.05, 4.69) is 25.4 Å². The van der Waals surface area contributed by atoms with Crippen molar-refractivity contribution in [3.05, 3.63) is 89.5 Å². The van der Waals surface area contributed by atoms with Crippen LogP contribution in [0, 0.1) is 0 Å². The molecule has 4 aromatic rings. The van der Waals surface area contributed by atoms with Gasteiger partial charge in [0.15, 0.2) is 0 Å². The molecule has 3 saturated heterocycles. The van der Waals surface area contributed by atoms with Crippen molar-refractivity contribution < 1.29 is 4.79 Å². The maximum Gasteiger partial charge on any atom is 0.254 e. The molecule has 1 aromatic carbocycles. The van der Waals surface area contributed by atoms with Gasteiger partial charge in [0.05, 0.1) is 11.4 Å². The number of hydrogen-bond donors (Lipinski definition) is 0. The first-order valence-corrected chi connectivity index (χ1v) is 11.7. The van der Waals surface area contributed by atoms with Crippen molar-refractivity contribution in [2.45, 2.75) is 31.5 Å². The normalized spacial score (nSPS) is 20.5. The van der Waals surface area contributed by atoms with Crippen LogP contribution in [0.3, 0.4) is 0 Å². The van der Waals surface area contributed by atoms with Crippen LogP contribution in [-0.2, 0) is 6.54 Å². The number of carbonyl (C=O) groups excluding carboxylic acids is 1. The third-order valence-corrected chi connectivity index (χ3v) is 7.18. The summed E-state index contributed by atoms with van der Waals surface area (Å²) in [6.07, 6.45) is 7.61. The fourth-order valence-corrected chi connectivity index (χ4v) is 5.37. The predicted octanol–water partition coefficient (Wildman–Crippen LogP) is 4.54. The summed E-state index contributed by atoms with van der Waals surface area (Å²) in [4.78, 5) is 26.7. The van der Waals surface area contributed by atoms with Crippen LogP contribution in [0.2, 0.25) is 5.02 Å². The van der Waals surface area contributed by atoms with Crippen LogP contribution >= 0.6 is 11.6 Å². The smallest absolute Gasteiger partial charge is 0.254 e. The van der Waals surface area contributed by atoms with E-state index in [1.54, 1.807) is 24.5 Å². The van der Waals surface area contributed by atoms with Crippen molar-refractivity contribution in [3.63, 3.8) is 0 Å². The minimum atomic E-state index is 0.114. The maximum atomic E-state index is 13.1. The zero-order valence-electron chi connectivity index (χ0n) is 18.1. The van der Waals surface area contributed by atoms with Crippen LogP contribution in [0.1, 0.15) is 28.9 Å². The lowest BCUT2D eigenvalue weighted by Crippen LogP contribution is -2.63. The molecule has 0 spiro atoms. The van der Waals surface area contributed by atoms with Crippen LogP contribution in [0.25, 0.3) is 16.9 Å². The van der Waals surface area contributed by atoms with Crippen LogP contribution < -0.4 is 0 Å². The number of piperazine rings is 1. The molecule has 2 atom stereocenters. The molecule has 3 aliphatic heterocycles. The summed E-state index contributed by atoms with van der Waals surface area (Å²) in [7, 11) is 0. The molecule has 7 rings (SSSR count). The SMILES string of the molecule is O=C(c1ccncc1)N1CC2CCC1CN2Cc1c(-c2ccc(Cl)cc2)nc2ccccn12. The van der Waals surface area contributed by atoms with Crippen molar-refractivity contribution in [1.82, 2.24) is 24.2 Å². The average Bonchev–Trinajstić information content (AvgIpc) is 3.23. The van der Waals surface area contributed by atoms with Crippen molar-refractivity contribution in [2.75, 3.05) is 13.1 Å². The number of rotatable bonds is 4. The molecule has 7 heteroatoms. The Morgan fingerprint density at radius 1 is 0.970 bits per heavy atom.